The molecule has 0 fully saturated rings. The van der Waals surface area contributed by atoms with Crippen LogP contribution in [0.15, 0.2) is 56.9 Å². The minimum atomic E-state index is -0.307. The highest BCUT2D eigenvalue weighted by Gasteiger charge is 2.16. The molecule has 4 rings (SSSR count). The summed E-state index contributed by atoms with van der Waals surface area (Å²) in [5, 5.41) is 6.11. The van der Waals surface area contributed by atoms with Crippen LogP contribution in [0.3, 0.4) is 0 Å². The van der Waals surface area contributed by atoms with Crippen LogP contribution in [0, 0.1) is 6.92 Å². The maximum absolute atomic E-state index is 12.1. The molecule has 0 aliphatic carbocycles. The summed E-state index contributed by atoms with van der Waals surface area (Å²) in [5.74, 6) is 0.667. The molecule has 4 aromatic rings. The van der Waals surface area contributed by atoms with Gasteiger partial charge in [0.15, 0.2) is 16.7 Å². The monoisotopic (exact) mass is 324 g/mol. The second-order valence-electron chi connectivity index (χ2n) is 5.07. The van der Waals surface area contributed by atoms with Crippen LogP contribution in [0.4, 0.5) is 5.13 Å². The Balaban J connectivity index is 1.59. The van der Waals surface area contributed by atoms with Crippen molar-refractivity contribution in [3.8, 4) is 11.5 Å². The van der Waals surface area contributed by atoms with Crippen molar-refractivity contribution in [2.75, 3.05) is 5.32 Å². The lowest BCUT2D eigenvalue weighted by molar-refractivity contribution is 0.0996. The first-order valence-corrected chi connectivity index (χ1v) is 7.88. The molecule has 0 saturated carbocycles. The predicted molar refractivity (Wildman–Crippen MR) is 88.7 cm³/mol. The summed E-state index contributed by atoms with van der Waals surface area (Å²) < 4.78 is 11.0. The van der Waals surface area contributed by atoms with Gasteiger partial charge in [0.05, 0.1) is 6.26 Å². The predicted octanol–water partition coefficient (Wildman–Crippen LogP) is 4.71. The van der Waals surface area contributed by atoms with Crippen LogP contribution < -0.4 is 5.32 Å². The Labute approximate surface area is 135 Å². The highest BCUT2D eigenvalue weighted by molar-refractivity contribution is 7.14. The van der Waals surface area contributed by atoms with Crippen LogP contribution in [0.25, 0.3) is 22.4 Å². The van der Waals surface area contributed by atoms with E-state index >= 15 is 0 Å². The molecule has 3 aromatic heterocycles. The molecule has 0 radical (unpaired) electrons. The van der Waals surface area contributed by atoms with Crippen LogP contribution in [0.2, 0.25) is 0 Å². The van der Waals surface area contributed by atoms with Gasteiger partial charge in [-0.05, 0) is 25.1 Å². The number of fused-ring (bicyclic) bond motifs is 1. The van der Waals surface area contributed by atoms with Gasteiger partial charge in [-0.15, -0.1) is 11.3 Å². The standard InChI is InChI=1S/C17H12N2O3S/c1-10-6-7-21-15(10)16(20)19-17-18-12(9-23-17)14-8-11-4-2-3-5-13(11)22-14/h2-9H,1H3,(H,18,19,20). The van der Waals surface area contributed by atoms with E-state index < -0.39 is 0 Å². The summed E-state index contributed by atoms with van der Waals surface area (Å²) in [5.41, 5.74) is 2.29. The largest absolute Gasteiger partial charge is 0.459 e. The average molecular weight is 324 g/mol. The van der Waals surface area contributed by atoms with Crippen molar-refractivity contribution in [3.63, 3.8) is 0 Å². The Bertz CT molecular complexity index is 963. The molecule has 1 N–H and O–H groups in total. The lowest BCUT2D eigenvalue weighted by atomic mass is 10.2. The number of carbonyl (C=O) groups excluding carboxylic acids is 1. The Hall–Kier alpha value is -2.86. The number of thiazole rings is 1. The molecule has 5 nitrogen and oxygen atoms in total. The van der Waals surface area contributed by atoms with Gasteiger partial charge >= 0.3 is 0 Å². The molecule has 0 bridgehead atoms. The normalized spacial score (nSPS) is 11.0. The number of nitrogens with zero attached hydrogens (tertiary/aromatic N) is 1. The van der Waals surface area contributed by atoms with Crippen molar-refractivity contribution in [3.05, 3.63) is 59.4 Å². The topological polar surface area (TPSA) is 68.3 Å². The summed E-state index contributed by atoms with van der Waals surface area (Å²) >= 11 is 1.34. The Morgan fingerprint density at radius 2 is 2.13 bits per heavy atom. The fourth-order valence-corrected chi connectivity index (χ4v) is 3.01. The van der Waals surface area contributed by atoms with E-state index in [-0.39, 0.29) is 5.91 Å². The first-order valence-electron chi connectivity index (χ1n) is 7.00. The number of nitrogens with one attached hydrogen (secondary N) is 1. The molecule has 0 unspecified atom stereocenters. The van der Waals surface area contributed by atoms with Crippen LogP contribution in [0.1, 0.15) is 16.1 Å². The third-order valence-corrected chi connectivity index (χ3v) is 4.23. The Morgan fingerprint density at radius 3 is 2.91 bits per heavy atom. The van der Waals surface area contributed by atoms with E-state index in [1.165, 1.54) is 17.6 Å². The van der Waals surface area contributed by atoms with Gasteiger partial charge in [-0.2, -0.15) is 0 Å². The van der Waals surface area contributed by atoms with Gasteiger partial charge in [-0.3, -0.25) is 10.1 Å². The van der Waals surface area contributed by atoms with Gasteiger partial charge in [-0.25, -0.2) is 4.98 Å². The molecule has 114 valence electrons. The second-order valence-corrected chi connectivity index (χ2v) is 5.93. The molecule has 1 amide bonds. The van der Waals surface area contributed by atoms with E-state index in [1.807, 2.05) is 42.6 Å². The average Bonchev–Trinajstić information content (AvgIpc) is 3.25. The van der Waals surface area contributed by atoms with Gasteiger partial charge < -0.3 is 8.83 Å². The number of amides is 1. The summed E-state index contributed by atoms with van der Waals surface area (Å²) in [6.45, 7) is 1.82. The zero-order valence-electron chi connectivity index (χ0n) is 12.2. The molecule has 6 heteroatoms. The molecule has 3 heterocycles. The zero-order chi connectivity index (χ0) is 15.8. The summed E-state index contributed by atoms with van der Waals surface area (Å²) in [6, 6.07) is 11.5. The summed E-state index contributed by atoms with van der Waals surface area (Å²) in [4.78, 5) is 16.5. The van der Waals surface area contributed by atoms with E-state index in [0.717, 1.165) is 16.5 Å². The first kappa shape index (κ1) is 13.8. The number of hydrogen-bond acceptors (Lipinski definition) is 5. The van der Waals surface area contributed by atoms with Crippen molar-refractivity contribution in [2.24, 2.45) is 0 Å². The van der Waals surface area contributed by atoms with Gasteiger partial charge in [0.2, 0.25) is 0 Å². The fourth-order valence-electron chi connectivity index (χ4n) is 2.31. The van der Waals surface area contributed by atoms with Crippen LogP contribution in [-0.4, -0.2) is 10.9 Å². The van der Waals surface area contributed by atoms with Crippen LogP contribution in [-0.2, 0) is 0 Å². The maximum atomic E-state index is 12.1. The number of aromatic nitrogens is 1. The van der Waals surface area contributed by atoms with E-state index in [9.17, 15) is 4.79 Å². The molecule has 0 aliphatic heterocycles. The summed E-state index contributed by atoms with van der Waals surface area (Å²) in [6.07, 6.45) is 1.49. The number of furan rings is 2. The summed E-state index contributed by atoms with van der Waals surface area (Å²) in [7, 11) is 0. The van der Waals surface area contributed by atoms with Crippen LogP contribution >= 0.6 is 11.3 Å². The molecule has 0 saturated heterocycles. The first-order chi connectivity index (χ1) is 11.2. The maximum Gasteiger partial charge on any atom is 0.293 e. The van der Waals surface area contributed by atoms with E-state index in [0.29, 0.717) is 22.3 Å². The third kappa shape index (κ3) is 2.53. The Kier molecular flexibility index (Phi) is 3.24. The van der Waals surface area contributed by atoms with Gasteiger partial charge in [-0.1, -0.05) is 18.2 Å². The van der Waals surface area contributed by atoms with E-state index in [4.69, 9.17) is 8.83 Å². The number of anilines is 1. The number of carbonyl (C=O) groups is 1. The number of benzene rings is 1. The fraction of sp³-hybridized carbons (Fsp3) is 0.0588. The van der Waals surface area contributed by atoms with Crippen molar-refractivity contribution >= 4 is 33.3 Å². The lowest BCUT2D eigenvalue weighted by Gasteiger charge is -1.98. The van der Waals surface area contributed by atoms with Crippen molar-refractivity contribution in [1.82, 2.24) is 4.98 Å². The molecule has 23 heavy (non-hydrogen) atoms. The SMILES string of the molecule is Cc1ccoc1C(=O)Nc1nc(-c2cc3ccccc3o2)cs1. The van der Waals surface area contributed by atoms with Gasteiger partial charge in [0.25, 0.3) is 5.91 Å². The minimum Gasteiger partial charge on any atom is -0.459 e. The molecule has 1 aromatic carbocycles. The number of hydrogen-bond donors (Lipinski definition) is 1. The highest BCUT2D eigenvalue weighted by Crippen LogP contribution is 2.30. The van der Waals surface area contributed by atoms with Crippen molar-refractivity contribution in [1.29, 1.82) is 0 Å². The smallest absolute Gasteiger partial charge is 0.293 e. The minimum absolute atomic E-state index is 0.297. The molecule has 0 aliphatic rings. The van der Waals surface area contributed by atoms with E-state index in [1.54, 1.807) is 6.07 Å². The third-order valence-electron chi connectivity index (χ3n) is 3.47. The van der Waals surface area contributed by atoms with Gasteiger partial charge in [0, 0.05) is 16.3 Å². The lowest BCUT2D eigenvalue weighted by Crippen LogP contribution is -2.11. The number of rotatable bonds is 3. The highest BCUT2D eigenvalue weighted by atomic mass is 32.1. The van der Waals surface area contributed by atoms with E-state index in [2.05, 4.69) is 10.3 Å². The van der Waals surface area contributed by atoms with Crippen molar-refractivity contribution in [2.45, 2.75) is 6.92 Å². The quantitative estimate of drug-likeness (QED) is 0.592. The number of aryl methyl sites for hydroxylation is 1. The molecule has 0 spiro atoms. The Morgan fingerprint density at radius 1 is 1.26 bits per heavy atom. The number of para-hydroxylation sites is 1. The van der Waals surface area contributed by atoms with Crippen LogP contribution in [0.5, 0.6) is 0 Å². The molecular formula is C17H12N2O3S. The van der Waals surface area contributed by atoms with Gasteiger partial charge in [0.1, 0.15) is 11.3 Å². The second kappa shape index (κ2) is 5.40. The molecular weight excluding hydrogens is 312 g/mol. The van der Waals surface area contributed by atoms with Crippen molar-refractivity contribution < 1.29 is 13.6 Å². The zero-order valence-corrected chi connectivity index (χ0v) is 13.0. The molecule has 0 atom stereocenters.